The topological polar surface area (TPSA) is 159 Å². The van der Waals surface area contributed by atoms with Gasteiger partial charge in [0.15, 0.2) is 5.52 Å². The largest absolute Gasteiger partial charge is 0.493 e. The molecule has 3 aromatic rings. The zero-order valence-corrected chi connectivity index (χ0v) is 22.2. The lowest BCUT2D eigenvalue weighted by Gasteiger charge is -2.19. The van der Waals surface area contributed by atoms with Gasteiger partial charge in [0.05, 0.1) is 23.1 Å². The number of carbonyl (C=O) groups is 1. The molecule has 11 nitrogen and oxygen atoms in total. The Morgan fingerprint density at radius 3 is 2.76 bits per heavy atom. The second-order valence-electron chi connectivity index (χ2n) is 9.42. The molecule has 200 valence electrons. The summed E-state index contributed by atoms with van der Waals surface area (Å²) in [6.45, 7) is 6.97. The molecule has 4 N–H and O–H groups in total. The highest BCUT2D eigenvalue weighted by atomic mass is 32.2. The summed E-state index contributed by atoms with van der Waals surface area (Å²) in [4.78, 5) is 32.6. The molecule has 1 saturated heterocycles. The molecule has 2 unspecified atom stereocenters. The van der Waals surface area contributed by atoms with E-state index >= 15 is 0 Å². The molecule has 0 spiro atoms. The van der Waals surface area contributed by atoms with Crippen molar-refractivity contribution < 1.29 is 17.9 Å². The third-order valence-corrected chi connectivity index (χ3v) is 7.89. The Morgan fingerprint density at radius 1 is 1.24 bits per heavy atom. The summed E-state index contributed by atoms with van der Waals surface area (Å²) in [6, 6.07) is 4.40. The van der Waals surface area contributed by atoms with Crippen molar-refractivity contribution in [3.63, 3.8) is 0 Å². The Balaban J connectivity index is 1.64. The lowest BCUT2D eigenvalue weighted by atomic mass is 10.0. The van der Waals surface area contributed by atoms with E-state index in [2.05, 4.69) is 30.2 Å². The fraction of sp³-hybridized carbons (Fsp3) is 0.520. The van der Waals surface area contributed by atoms with E-state index in [1.165, 1.54) is 12.1 Å². The van der Waals surface area contributed by atoms with Crippen LogP contribution in [-0.2, 0) is 27.7 Å². The van der Waals surface area contributed by atoms with Crippen LogP contribution in [0, 0.1) is 5.92 Å². The molecule has 12 heteroatoms. The molecule has 2 aromatic heterocycles. The van der Waals surface area contributed by atoms with Crippen LogP contribution in [0.2, 0.25) is 0 Å². The van der Waals surface area contributed by atoms with Gasteiger partial charge in [-0.3, -0.25) is 14.7 Å². The van der Waals surface area contributed by atoms with Crippen LogP contribution in [-0.4, -0.2) is 53.7 Å². The number of ether oxygens (including phenoxy) is 1. The highest BCUT2D eigenvalue weighted by Crippen LogP contribution is 2.26. The molecule has 0 aliphatic carbocycles. The van der Waals surface area contributed by atoms with E-state index in [-0.39, 0.29) is 28.4 Å². The normalized spacial score (nSPS) is 16.7. The van der Waals surface area contributed by atoms with Crippen LogP contribution < -0.4 is 20.3 Å². The average molecular weight is 531 g/mol. The summed E-state index contributed by atoms with van der Waals surface area (Å²) in [6.07, 6.45) is 4.23. The highest BCUT2D eigenvalue weighted by Gasteiger charge is 2.30. The van der Waals surface area contributed by atoms with Crippen LogP contribution in [0.1, 0.15) is 63.5 Å². The minimum absolute atomic E-state index is 0.0473. The molecule has 2 atom stereocenters. The van der Waals surface area contributed by atoms with Crippen LogP contribution in [0.3, 0.4) is 0 Å². The van der Waals surface area contributed by atoms with Gasteiger partial charge >= 0.3 is 0 Å². The zero-order valence-electron chi connectivity index (χ0n) is 21.4. The number of amides is 1. The fourth-order valence-corrected chi connectivity index (χ4v) is 5.62. The van der Waals surface area contributed by atoms with Crippen molar-refractivity contribution in [2.45, 2.75) is 70.2 Å². The summed E-state index contributed by atoms with van der Waals surface area (Å²) in [7, 11) is -4.12. The lowest BCUT2D eigenvalue weighted by Crippen LogP contribution is -2.42. The van der Waals surface area contributed by atoms with E-state index in [4.69, 9.17) is 4.74 Å². The molecule has 37 heavy (non-hydrogen) atoms. The molecule has 0 bridgehead atoms. The Morgan fingerprint density at radius 2 is 2.05 bits per heavy atom. The quantitative estimate of drug-likeness (QED) is 0.294. The number of sulfonamides is 1. The van der Waals surface area contributed by atoms with Gasteiger partial charge in [0, 0.05) is 18.0 Å². The number of hydrogen-bond donors (Lipinski definition) is 4. The Hall–Kier alpha value is -3.25. The number of nitrogens with one attached hydrogen (secondary N) is 4. The number of hydrogen-bond acceptors (Lipinski definition) is 8. The van der Waals surface area contributed by atoms with Crippen molar-refractivity contribution in [3.05, 3.63) is 45.6 Å². The first-order valence-corrected chi connectivity index (χ1v) is 14.2. The molecule has 1 aromatic carbocycles. The predicted octanol–water partition coefficient (Wildman–Crippen LogP) is 2.17. The molecular weight excluding hydrogens is 496 g/mol. The lowest BCUT2D eigenvalue weighted by molar-refractivity contribution is -0.123. The summed E-state index contributed by atoms with van der Waals surface area (Å²) in [5.41, 5.74) is 1.66. The number of rotatable bonds is 11. The van der Waals surface area contributed by atoms with Crippen molar-refractivity contribution in [2.24, 2.45) is 5.92 Å². The molecule has 1 amide bonds. The number of H-pyrrole nitrogens is 2. The molecule has 1 aliphatic heterocycles. The number of fused-ring (bicyclic) bond motifs is 1. The maximum absolute atomic E-state index is 13.1. The van der Waals surface area contributed by atoms with Gasteiger partial charge in [-0.2, -0.15) is 5.10 Å². The van der Waals surface area contributed by atoms with Gasteiger partial charge < -0.3 is 15.0 Å². The summed E-state index contributed by atoms with van der Waals surface area (Å²) in [5, 5.41) is 10.2. The minimum Gasteiger partial charge on any atom is -0.493 e. The number of aryl methyl sites for hydroxylation is 1. The van der Waals surface area contributed by atoms with Crippen molar-refractivity contribution in [2.75, 3.05) is 13.2 Å². The fourth-order valence-electron chi connectivity index (χ4n) is 4.51. The Bertz CT molecular complexity index is 1430. The molecule has 4 rings (SSSR count). The Kier molecular flexibility index (Phi) is 8.28. The second-order valence-corrected chi connectivity index (χ2v) is 11.1. The van der Waals surface area contributed by atoms with Crippen molar-refractivity contribution in [1.82, 2.24) is 30.2 Å². The van der Waals surface area contributed by atoms with E-state index in [1.807, 2.05) is 13.8 Å². The standard InChI is InChI=1S/C25H34N6O5S/c1-4-7-19-22-23(30-29-19)25(33)28-21(27-22)14-16-13-17(9-10-20(16)36-12-5-2)37(34,35)31-24(32)15(3)18-8-6-11-26-18/h9-10,13,15,18,26H,4-8,11-12,14H2,1-3H3,(H,29,30)(H,31,32)(H,27,28,33). The number of benzene rings is 1. The van der Waals surface area contributed by atoms with E-state index in [0.717, 1.165) is 37.9 Å². The third kappa shape index (κ3) is 6.02. The van der Waals surface area contributed by atoms with Crippen LogP contribution in [0.25, 0.3) is 11.0 Å². The van der Waals surface area contributed by atoms with E-state index in [0.29, 0.717) is 35.7 Å². The monoisotopic (exact) mass is 530 g/mol. The molecule has 3 heterocycles. The van der Waals surface area contributed by atoms with E-state index in [9.17, 15) is 18.0 Å². The SMILES string of the molecule is CCCOc1ccc(S(=O)(=O)NC(=O)C(C)C2CCCN2)cc1Cc1nc2c(CCC)[nH]nc2c(=O)[nH]1. The van der Waals surface area contributed by atoms with Gasteiger partial charge in [-0.1, -0.05) is 27.2 Å². The van der Waals surface area contributed by atoms with Gasteiger partial charge in [-0.25, -0.2) is 18.1 Å². The molecular formula is C25H34N6O5S. The van der Waals surface area contributed by atoms with Crippen molar-refractivity contribution in [1.29, 1.82) is 0 Å². The third-order valence-electron chi connectivity index (χ3n) is 6.54. The van der Waals surface area contributed by atoms with Crippen LogP contribution in [0.15, 0.2) is 27.9 Å². The first-order chi connectivity index (χ1) is 17.7. The van der Waals surface area contributed by atoms with Crippen LogP contribution >= 0.6 is 0 Å². The van der Waals surface area contributed by atoms with Crippen LogP contribution in [0.4, 0.5) is 0 Å². The molecule has 1 aliphatic rings. The summed E-state index contributed by atoms with van der Waals surface area (Å²) in [5.74, 6) is -0.194. The smallest absolute Gasteiger partial charge is 0.279 e. The van der Waals surface area contributed by atoms with Gasteiger partial charge in [0.25, 0.3) is 15.6 Å². The highest BCUT2D eigenvalue weighted by molar-refractivity contribution is 7.90. The number of aromatic nitrogens is 4. The van der Waals surface area contributed by atoms with Gasteiger partial charge in [0.2, 0.25) is 5.91 Å². The minimum atomic E-state index is -4.12. The van der Waals surface area contributed by atoms with Crippen molar-refractivity contribution >= 4 is 27.0 Å². The van der Waals surface area contributed by atoms with E-state index in [1.54, 1.807) is 13.0 Å². The van der Waals surface area contributed by atoms with Gasteiger partial charge in [0.1, 0.15) is 17.1 Å². The zero-order chi connectivity index (χ0) is 26.6. The summed E-state index contributed by atoms with van der Waals surface area (Å²) >= 11 is 0. The average Bonchev–Trinajstić information content (AvgIpc) is 3.54. The first-order valence-electron chi connectivity index (χ1n) is 12.7. The number of nitrogens with zero attached hydrogens (tertiary/aromatic N) is 2. The predicted molar refractivity (Wildman–Crippen MR) is 139 cm³/mol. The second kappa shape index (κ2) is 11.4. The maximum Gasteiger partial charge on any atom is 0.279 e. The Labute approximate surface area is 215 Å². The van der Waals surface area contributed by atoms with Gasteiger partial charge in [-0.05, 0) is 50.4 Å². The molecule has 0 saturated carbocycles. The van der Waals surface area contributed by atoms with Crippen LogP contribution in [0.5, 0.6) is 5.75 Å². The maximum atomic E-state index is 13.1. The summed E-state index contributed by atoms with van der Waals surface area (Å²) < 4.78 is 34.3. The van der Waals surface area contributed by atoms with Gasteiger partial charge in [-0.15, -0.1) is 0 Å². The number of aromatic amines is 2. The molecule has 0 radical (unpaired) electrons. The first kappa shape index (κ1) is 26.8. The van der Waals surface area contributed by atoms with E-state index < -0.39 is 21.8 Å². The number of carbonyl (C=O) groups excluding carboxylic acids is 1. The molecule has 1 fully saturated rings. The van der Waals surface area contributed by atoms with Crippen molar-refractivity contribution in [3.8, 4) is 5.75 Å².